The van der Waals surface area contributed by atoms with Crippen LogP contribution >= 0.6 is 22.9 Å². The van der Waals surface area contributed by atoms with Crippen molar-refractivity contribution in [2.45, 2.75) is 0 Å². The zero-order valence-electron chi connectivity index (χ0n) is 11.2. The number of nitrogens with one attached hydrogen (secondary N) is 1. The number of rotatable bonds is 4. The molecule has 0 aliphatic rings. The molecular formula is C15H12ClN3OS. The van der Waals surface area contributed by atoms with E-state index < -0.39 is 0 Å². The number of aromatic nitrogens is 2. The molecule has 0 unspecified atom stereocenters. The molecule has 106 valence electrons. The highest BCUT2D eigenvalue weighted by Gasteiger charge is 2.06. The van der Waals surface area contributed by atoms with E-state index in [4.69, 9.17) is 16.3 Å². The number of thiazole rings is 1. The number of hydrogen-bond donors (Lipinski definition) is 1. The van der Waals surface area contributed by atoms with Crippen LogP contribution < -0.4 is 10.1 Å². The van der Waals surface area contributed by atoms with E-state index in [-0.39, 0.29) is 0 Å². The van der Waals surface area contributed by atoms with Crippen molar-refractivity contribution < 1.29 is 4.74 Å². The van der Waals surface area contributed by atoms with Gasteiger partial charge in [0.1, 0.15) is 10.9 Å². The molecule has 2 aromatic heterocycles. The molecule has 6 heteroatoms. The van der Waals surface area contributed by atoms with Crippen molar-refractivity contribution in [3.63, 3.8) is 0 Å². The maximum absolute atomic E-state index is 5.76. The van der Waals surface area contributed by atoms with E-state index in [2.05, 4.69) is 15.3 Å². The normalized spacial score (nSPS) is 10.4. The van der Waals surface area contributed by atoms with Crippen molar-refractivity contribution in [2.24, 2.45) is 0 Å². The van der Waals surface area contributed by atoms with E-state index in [9.17, 15) is 0 Å². The van der Waals surface area contributed by atoms with Crippen LogP contribution in [0, 0.1) is 0 Å². The van der Waals surface area contributed by atoms with Gasteiger partial charge < -0.3 is 10.1 Å². The molecular weight excluding hydrogens is 306 g/mol. The molecule has 0 aliphatic heterocycles. The minimum absolute atomic E-state index is 0.469. The average molecular weight is 318 g/mol. The predicted molar refractivity (Wildman–Crippen MR) is 86.6 cm³/mol. The van der Waals surface area contributed by atoms with Gasteiger partial charge in [-0.1, -0.05) is 23.7 Å². The van der Waals surface area contributed by atoms with Gasteiger partial charge in [-0.2, -0.15) is 0 Å². The molecule has 21 heavy (non-hydrogen) atoms. The summed E-state index contributed by atoms with van der Waals surface area (Å²) >= 11 is 7.30. The Bertz CT molecular complexity index is 743. The van der Waals surface area contributed by atoms with Crippen molar-refractivity contribution in [1.29, 1.82) is 0 Å². The maximum Gasteiger partial charge on any atom is 0.187 e. The lowest BCUT2D eigenvalue weighted by Gasteiger charge is -2.02. The van der Waals surface area contributed by atoms with Crippen LogP contribution in [0.3, 0.4) is 0 Å². The number of hydrogen-bond acceptors (Lipinski definition) is 5. The molecule has 0 atom stereocenters. The van der Waals surface area contributed by atoms with Crippen molar-refractivity contribution in [2.75, 3.05) is 12.4 Å². The molecule has 0 amide bonds. The fourth-order valence-corrected chi connectivity index (χ4v) is 2.67. The highest BCUT2D eigenvalue weighted by molar-refractivity contribution is 7.14. The predicted octanol–water partition coefficient (Wildman–Crippen LogP) is 4.61. The lowest BCUT2D eigenvalue weighted by atomic mass is 10.2. The third-order valence-corrected chi connectivity index (χ3v) is 3.83. The highest BCUT2D eigenvalue weighted by atomic mass is 35.5. The minimum Gasteiger partial charge on any atom is -0.497 e. The summed E-state index contributed by atoms with van der Waals surface area (Å²) in [5, 5.41) is 6.48. The van der Waals surface area contributed by atoms with Gasteiger partial charge >= 0.3 is 0 Å². The summed E-state index contributed by atoms with van der Waals surface area (Å²) < 4.78 is 5.23. The number of methoxy groups -OCH3 is 1. The molecule has 0 fully saturated rings. The average Bonchev–Trinajstić information content (AvgIpc) is 2.98. The van der Waals surface area contributed by atoms with E-state index in [1.54, 1.807) is 19.4 Å². The molecule has 0 bridgehead atoms. The maximum atomic E-state index is 5.76. The number of pyridine rings is 1. The Labute approximate surface area is 131 Å². The molecule has 2 heterocycles. The van der Waals surface area contributed by atoms with E-state index in [1.807, 2.05) is 35.7 Å². The van der Waals surface area contributed by atoms with E-state index in [1.165, 1.54) is 11.3 Å². The summed E-state index contributed by atoms with van der Waals surface area (Å²) in [6.45, 7) is 0. The van der Waals surface area contributed by atoms with Gasteiger partial charge in [-0.25, -0.2) is 9.97 Å². The standard InChI is InChI=1S/C15H12ClN3OS/c1-20-12-4-2-3-10(7-12)13-9-21-15(19-13)18-11-5-6-14(16)17-8-11/h2-9H,1H3,(H,18,19). The van der Waals surface area contributed by atoms with Crippen molar-refractivity contribution in [3.05, 3.63) is 53.1 Å². The van der Waals surface area contributed by atoms with Crippen LogP contribution in [-0.2, 0) is 0 Å². The van der Waals surface area contributed by atoms with E-state index in [0.717, 1.165) is 27.8 Å². The Hall–Kier alpha value is -2.11. The first-order valence-electron chi connectivity index (χ1n) is 6.23. The van der Waals surface area contributed by atoms with Crippen LogP contribution in [0.15, 0.2) is 48.0 Å². The quantitative estimate of drug-likeness (QED) is 0.714. The molecule has 0 radical (unpaired) electrons. The Morgan fingerprint density at radius 2 is 2.14 bits per heavy atom. The molecule has 4 nitrogen and oxygen atoms in total. The third-order valence-electron chi connectivity index (χ3n) is 2.85. The minimum atomic E-state index is 0.469. The van der Waals surface area contributed by atoms with Gasteiger partial charge in [-0.05, 0) is 24.3 Å². The van der Waals surface area contributed by atoms with Crippen LogP contribution in [0.25, 0.3) is 11.3 Å². The summed E-state index contributed by atoms with van der Waals surface area (Å²) in [5.41, 5.74) is 2.78. The summed E-state index contributed by atoms with van der Waals surface area (Å²) in [5.74, 6) is 0.817. The Balaban J connectivity index is 1.81. The Morgan fingerprint density at radius 3 is 2.90 bits per heavy atom. The smallest absolute Gasteiger partial charge is 0.187 e. The second-order valence-electron chi connectivity index (χ2n) is 4.26. The molecule has 0 aliphatic carbocycles. The summed E-state index contributed by atoms with van der Waals surface area (Å²) in [6, 6.07) is 11.4. The third kappa shape index (κ3) is 3.32. The Kier molecular flexibility index (Phi) is 4.03. The van der Waals surface area contributed by atoms with Gasteiger partial charge in [0.25, 0.3) is 0 Å². The van der Waals surface area contributed by atoms with Crippen LogP contribution in [-0.4, -0.2) is 17.1 Å². The number of anilines is 2. The van der Waals surface area contributed by atoms with E-state index >= 15 is 0 Å². The van der Waals surface area contributed by atoms with Gasteiger partial charge in [0.2, 0.25) is 0 Å². The van der Waals surface area contributed by atoms with Crippen molar-refractivity contribution in [3.8, 4) is 17.0 Å². The number of ether oxygens (including phenoxy) is 1. The van der Waals surface area contributed by atoms with Gasteiger partial charge in [-0.3, -0.25) is 0 Å². The highest BCUT2D eigenvalue weighted by Crippen LogP contribution is 2.29. The van der Waals surface area contributed by atoms with Gasteiger partial charge in [-0.15, -0.1) is 11.3 Å². The van der Waals surface area contributed by atoms with Crippen LogP contribution in [0.2, 0.25) is 5.15 Å². The monoisotopic (exact) mass is 317 g/mol. The van der Waals surface area contributed by atoms with Crippen molar-refractivity contribution >= 4 is 33.8 Å². The SMILES string of the molecule is COc1cccc(-c2csc(Nc3ccc(Cl)nc3)n2)c1. The molecule has 0 spiro atoms. The summed E-state index contributed by atoms with van der Waals surface area (Å²) in [7, 11) is 1.65. The summed E-state index contributed by atoms with van der Waals surface area (Å²) in [6.07, 6.45) is 1.68. The largest absolute Gasteiger partial charge is 0.497 e. The Morgan fingerprint density at radius 1 is 1.24 bits per heavy atom. The first kappa shape index (κ1) is 13.9. The van der Waals surface area contributed by atoms with Gasteiger partial charge in [0.15, 0.2) is 5.13 Å². The van der Waals surface area contributed by atoms with Crippen LogP contribution in [0.4, 0.5) is 10.8 Å². The first-order valence-corrected chi connectivity index (χ1v) is 7.49. The molecule has 3 aromatic rings. The molecule has 3 rings (SSSR count). The zero-order valence-corrected chi connectivity index (χ0v) is 12.8. The van der Waals surface area contributed by atoms with Gasteiger partial charge in [0.05, 0.1) is 24.7 Å². The zero-order chi connectivity index (χ0) is 14.7. The fourth-order valence-electron chi connectivity index (χ4n) is 1.82. The second-order valence-corrected chi connectivity index (χ2v) is 5.51. The number of halogens is 1. The molecule has 1 aromatic carbocycles. The fraction of sp³-hybridized carbons (Fsp3) is 0.0667. The van der Waals surface area contributed by atoms with Gasteiger partial charge in [0, 0.05) is 10.9 Å². The topological polar surface area (TPSA) is 47.0 Å². The van der Waals surface area contributed by atoms with Crippen LogP contribution in [0.5, 0.6) is 5.75 Å². The number of nitrogens with zero attached hydrogens (tertiary/aromatic N) is 2. The van der Waals surface area contributed by atoms with Crippen molar-refractivity contribution in [1.82, 2.24) is 9.97 Å². The molecule has 1 N–H and O–H groups in total. The number of benzene rings is 1. The lowest BCUT2D eigenvalue weighted by Crippen LogP contribution is -1.90. The van der Waals surface area contributed by atoms with E-state index in [0.29, 0.717) is 5.15 Å². The lowest BCUT2D eigenvalue weighted by molar-refractivity contribution is 0.415. The first-order chi connectivity index (χ1) is 10.2. The second kappa shape index (κ2) is 6.11. The molecule has 0 saturated carbocycles. The summed E-state index contributed by atoms with van der Waals surface area (Å²) in [4.78, 5) is 8.59. The molecule has 0 saturated heterocycles. The van der Waals surface area contributed by atoms with Crippen LogP contribution in [0.1, 0.15) is 0 Å².